The Labute approximate surface area is 138 Å². The van der Waals surface area contributed by atoms with Gasteiger partial charge in [0.15, 0.2) is 0 Å². The van der Waals surface area contributed by atoms with E-state index in [4.69, 9.17) is 11.6 Å². The van der Waals surface area contributed by atoms with Crippen molar-refractivity contribution in [2.24, 2.45) is 0 Å². The molecule has 1 unspecified atom stereocenters. The Hall–Kier alpha value is -2.33. The molecule has 1 N–H and O–H groups in total. The highest BCUT2D eigenvalue weighted by atomic mass is 35.5. The quantitative estimate of drug-likeness (QED) is 0.725. The lowest BCUT2D eigenvalue weighted by molar-refractivity contribution is -0.118. The summed E-state index contributed by atoms with van der Waals surface area (Å²) in [4.78, 5) is 12.5. The maximum Gasteiger partial charge on any atom is 0.247 e. The number of carbonyl (C=O) groups is 1. The number of aromatic nitrogens is 1. The van der Waals surface area contributed by atoms with Gasteiger partial charge >= 0.3 is 0 Å². The number of benzene rings is 2. The number of hydrogen-bond donors (Lipinski definition) is 1. The van der Waals surface area contributed by atoms with Gasteiger partial charge in [0.2, 0.25) is 5.91 Å². The van der Waals surface area contributed by atoms with Crippen LogP contribution in [0.25, 0.3) is 10.9 Å². The average molecular weight is 331 g/mol. The molecular formula is C18H16ClFN2O. The predicted molar refractivity (Wildman–Crippen MR) is 91.4 cm³/mol. The van der Waals surface area contributed by atoms with Crippen LogP contribution in [-0.2, 0) is 4.79 Å². The number of anilines is 1. The SMILES string of the molecule is Cc1c(Cl)cccc1NC(=O)C(C)n1ccc2cc(F)ccc21. The molecule has 1 aromatic heterocycles. The van der Waals surface area contributed by atoms with Gasteiger partial charge in [0.05, 0.1) is 0 Å². The first kappa shape index (κ1) is 15.6. The average Bonchev–Trinajstić information content (AvgIpc) is 2.93. The summed E-state index contributed by atoms with van der Waals surface area (Å²) in [6.45, 7) is 3.66. The molecule has 5 heteroatoms. The molecule has 0 aliphatic carbocycles. The number of carbonyl (C=O) groups excluding carboxylic acids is 1. The third kappa shape index (κ3) is 2.94. The van der Waals surface area contributed by atoms with Crippen LogP contribution in [0.15, 0.2) is 48.7 Å². The van der Waals surface area contributed by atoms with E-state index in [-0.39, 0.29) is 11.7 Å². The van der Waals surface area contributed by atoms with E-state index in [9.17, 15) is 9.18 Å². The molecule has 0 saturated carbocycles. The van der Waals surface area contributed by atoms with Crippen LogP contribution in [0.2, 0.25) is 5.02 Å². The van der Waals surface area contributed by atoms with Crippen LogP contribution in [0.1, 0.15) is 18.5 Å². The van der Waals surface area contributed by atoms with E-state index < -0.39 is 6.04 Å². The van der Waals surface area contributed by atoms with Crippen molar-refractivity contribution in [2.45, 2.75) is 19.9 Å². The Bertz CT molecular complexity index is 888. The highest BCUT2D eigenvalue weighted by Crippen LogP contribution is 2.25. The zero-order chi connectivity index (χ0) is 16.6. The zero-order valence-corrected chi connectivity index (χ0v) is 13.6. The number of rotatable bonds is 3. The minimum atomic E-state index is -0.434. The summed E-state index contributed by atoms with van der Waals surface area (Å²) in [7, 11) is 0. The fourth-order valence-corrected chi connectivity index (χ4v) is 2.75. The van der Waals surface area contributed by atoms with E-state index in [0.717, 1.165) is 16.5 Å². The van der Waals surface area contributed by atoms with E-state index in [1.807, 2.05) is 17.6 Å². The van der Waals surface area contributed by atoms with E-state index in [1.165, 1.54) is 12.1 Å². The largest absolute Gasteiger partial charge is 0.335 e. The third-order valence-electron chi connectivity index (χ3n) is 4.00. The molecule has 0 bridgehead atoms. The third-order valence-corrected chi connectivity index (χ3v) is 4.41. The first-order valence-electron chi connectivity index (χ1n) is 7.29. The first-order valence-corrected chi connectivity index (χ1v) is 7.67. The van der Waals surface area contributed by atoms with Crippen LogP contribution in [0.3, 0.4) is 0 Å². The predicted octanol–water partition coefficient (Wildman–Crippen LogP) is 4.94. The van der Waals surface area contributed by atoms with Gasteiger partial charge in [-0.15, -0.1) is 0 Å². The Morgan fingerprint density at radius 2 is 2.04 bits per heavy atom. The van der Waals surface area contributed by atoms with Crippen molar-refractivity contribution >= 4 is 34.1 Å². The zero-order valence-electron chi connectivity index (χ0n) is 12.8. The van der Waals surface area contributed by atoms with Crippen LogP contribution in [0, 0.1) is 12.7 Å². The number of hydrogen-bond acceptors (Lipinski definition) is 1. The Kier molecular flexibility index (Phi) is 4.09. The van der Waals surface area contributed by atoms with Crippen molar-refractivity contribution in [3.8, 4) is 0 Å². The van der Waals surface area contributed by atoms with Crippen molar-refractivity contribution in [3.05, 3.63) is 65.1 Å². The van der Waals surface area contributed by atoms with Gasteiger partial charge in [0, 0.05) is 27.8 Å². The van der Waals surface area contributed by atoms with Crippen molar-refractivity contribution in [1.82, 2.24) is 4.57 Å². The minimum absolute atomic E-state index is 0.155. The van der Waals surface area contributed by atoms with Gasteiger partial charge in [-0.2, -0.15) is 0 Å². The number of halogens is 2. The molecule has 1 heterocycles. The van der Waals surface area contributed by atoms with E-state index >= 15 is 0 Å². The van der Waals surface area contributed by atoms with E-state index in [1.54, 1.807) is 37.4 Å². The molecule has 1 amide bonds. The van der Waals surface area contributed by atoms with Crippen molar-refractivity contribution in [3.63, 3.8) is 0 Å². The Morgan fingerprint density at radius 3 is 2.83 bits per heavy atom. The number of nitrogens with zero attached hydrogens (tertiary/aromatic N) is 1. The number of fused-ring (bicyclic) bond motifs is 1. The molecule has 0 aliphatic heterocycles. The summed E-state index contributed by atoms with van der Waals surface area (Å²) in [5, 5.41) is 4.27. The summed E-state index contributed by atoms with van der Waals surface area (Å²) in [5.74, 6) is -0.445. The molecule has 0 fully saturated rings. The van der Waals surface area contributed by atoms with Gasteiger partial charge in [-0.25, -0.2) is 4.39 Å². The van der Waals surface area contributed by atoms with Crippen LogP contribution >= 0.6 is 11.6 Å². The summed E-state index contributed by atoms with van der Waals surface area (Å²) in [6.07, 6.45) is 1.79. The number of amides is 1. The summed E-state index contributed by atoms with van der Waals surface area (Å²) in [5.41, 5.74) is 2.34. The van der Waals surface area contributed by atoms with Crippen molar-refractivity contribution < 1.29 is 9.18 Å². The molecule has 23 heavy (non-hydrogen) atoms. The smallest absolute Gasteiger partial charge is 0.247 e. The molecule has 1 atom stereocenters. The molecule has 0 radical (unpaired) electrons. The summed E-state index contributed by atoms with van der Waals surface area (Å²) >= 11 is 6.08. The fourth-order valence-electron chi connectivity index (χ4n) is 2.58. The van der Waals surface area contributed by atoms with Crippen LogP contribution < -0.4 is 5.32 Å². The van der Waals surface area contributed by atoms with Gasteiger partial charge in [0.1, 0.15) is 11.9 Å². The Balaban J connectivity index is 1.88. The second-order valence-corrected chi connectivity index (χ2v) is 5.91. The van der Waals surface area contributed by atoms with Gasteiger partial charge < -0.3 is 9.88 Å². The molecular weight excluding hydrogens is 315 g/mol. The van der Waals surface area contributed by atoms with E-state index in [0.29, 0.717) is 10.7 Å². The van der Waals surface area contributed by atoms with Gasteiger partial charge in [-0.05, 0) is 55.8 Å². The first-order chi connectivity index (χ1) is 11.0. The van der Waals surface area contributed by atoms with E-state index in [2.05, 4.69) is 5.32 Å². The minimum Gasteiger partial charge on any atom is -0.335 e. The Morgan fingerprint density at radius 1 is 1.26 bits per heavy atom. The van der Waals surface area contributed by atoms with Crippen molar-refractivity contribution in [2.75, 3.05) is 5.32 Å². The molecule has 0 saturated heterocycles. The molecule has 3 nitrogen and oxygen atoms in total. The molecule has 3 rings (SSSR count). The molecule has 2 aromatic carbocycles. The monoisotopic (exact) mass is 330 g/mol. The normalized spacial score (nSPS) is 12.3. The van der Waals surface area contributed by atoms with Crippen LogP contribution in [0.4, 0.5) is 10.1 Å². The van der Waals surface area contributed by atoms with Gasteiger partial charge in [-0.3, -0.25) is 4.79 Å². The lowest BCUT2D eigenvalue weighted by Crippen LogP contribution is -2.23. The molecule has 3 aromatic rings. The van der Waals surface area contributed by atoms with Gasteiger partial charge in [0.25, 0.3) is 0 Å². The maximum atomic E-state index is 13.3. The van der Waals surface area contributed by atoms with Crippen LogP contribution in [-0.4, -0.2) is 10.5 Å². The van der Waals surface area contributed by atoms with Crippen molar-refractivity contribution in [1.29, 1.82) is 0 Å². The topological polar surface area (TPSA) is 34.0 Å². The standard InChI is InChI=1S/C18H16ClFN2O/c1-11-15(19)4-3-5-16(11)21-18(23)12(2)22-9-8-13-10-14(20)6-7-17(13)22/h3-10,12H,1-2H3,(H,21,23). The maximum absolute atomic E-state index is 13.3. The molecule has 118 valence electrons. The van der Waals surface area contributed by atoms with Gasteiger partial charge in [-0.1, -0.05) is 17.7 Å². The fraction of sp³-hybridized carbons (Fsp3) is 0.167. The molecule has 0 aliphatic rings. The second-order valence-electron chi connectivity index (χ2n) is 5.50. The lowest BCUT2D eigenvalue weighted by atomic mass is 10.2. The molecule has 0 spiro atoms. The highest BCUT2D eigenvalue weighted by Gasteiger charge is 2.18. The highest BCUT2D eigenvalue weighted by molar-refractivity contribution is 6.31. The summed E-state index contributed by atoms with van der Waals surface area (Å²) in [6, 6.07) is 11.3. The second kappa shape index (κ2) is 6.05. The number of nitrogens with one attached hydrogen (secondary N) is 1. The van der Waals surface area contributed by atoms with Crippen LogP contribution in [0.5, 0.6) is 0 Å². The lowest BCUT2D eigenvalue weighted by Gasteiger charge is -2.17. The summed E-state index contributed by atoms with van der Waals surface area (Å²) < 4.78 is 15.1.